The van der Waals surface area contributed by atoms with E-state index in [0.717, 1.165) is 29.8 Å². The number of alkyl halides is 3. The maximum atomic E-state index is 13.1. The van der Waals surface area contributed by atoms with Crippen LogP contribution < -0.4 is 5.56 Å². The zero-order chi connectivity index (χ0) is 25.2. The van der Waals surface area contributed by atoms with Crippen LogP contribution in [0.4, 0.5) is 13.2 Å². The van der Waals surface area contributed by atoms with Gasteiger partial charge < -0.3 is 9.30 Å². The van der Waals surface area contributed by atoms with Crippen LogP contribution in [0.25, 0.3) is 16.7 Å². The Bertz CT molecular complexity index is 1520. The molecule has 2 fully saturated rings. The number of pyridine rings is 1. The van der Waals surface area contributed by atoms with Gasteiger partial charge in [0, 0.05) is 49.7 Å². The molecule has 6 rings (SSSR count). The highest BCUT2D eigenvalue weighted by Crippen LogP contribution is 2.43. The Labute approximate surface area is 204 Å². The van der Waals surface area contributed by atoms with Crippen LogP contribution in [0, 0.1) is 6.92 Å². The first-order valence-electron chi connectivity index (χ1n) is 12.1. The summed E-state index contributed by atoms with van der Waals surface area (Å²) in [7, 11) is 1.69. The Kier molecular flexibility index (Phi) is 5.35. The smallest absolute Gasteiger partial charge is 0.373 e. The van der Waals surface area contributed by atoms with Crippen molar-refractivity contribution in [3.8, 4) is 0 Å². The van der Waals surface area contributed by atoms with Crippen molar-refractivity contribution in [2.75, 3.05) is 6.61 Å². The standard InChI is InChI=1S/C26H24F3N5O2/c1-13-21(14-3-4-14)31-25-23(30-13)22(17-9-18(10-17)26(27,28)29)32-24(33-25)15-7-8-36-19(11-15)16-5-6-20(35)34(2)12-16/h5-6,12,14-15,19H,3-4,7-9,11H2,1-2H3/t15-,19+/m1/s1. The average molecular weight is 496 g/mol. The molecule has 186 valence electrons. The lowest BCUT2D eigenvalue weighted by atomic mass is 9.90. The van der Waals surface area contributed by atoms with Crippen molar-refractivity contribution in [1.29, 1.82) is 0 Å². The molecule has 7 nitrogen and oxygen atoms in total. The summed E-state index contributed by atoms with van der Waals surface area (Å²) in [5.74, 6) is 0.814. The molecule has 0 N–H and O–H groups in total. The van der Waals surface area contributed by atoms with Crippen molar-refractivity contribution < 1.29 is 17.9 Å². The van der Waals surface area contributed by atoms with E-state index in [9.17, 15) is 18.0 Å². The van der Waals surface area contributed by atoms with Gasteiger partial charge in [-0.1, -0.05) is 0 Å². The first-order chi connectivity index (χ1) is 17.2. The molecular weight excluding hydrogens is 471 g/mol. The van der Waals surface area contributed by atoms with E-state index in [2.05, 4.69) is 5.73 Å². The van der Waals surface area contributed by atoms with Gasteiger partial charge in [0.2, 0.25) is 5.56 Å². The Morgan fingerprint density at radius 2 is 1.86 bits per heavy atom. The summed E-state index contributed by atoms with van der Waals surface area (Å²) in [6, 6.07) is 3.28. The zero-order valence-electron chi connectivity index (χ0n) is 19.9. The lowest BCUT2D eigenvalue weighted by Crippen LogP contribution is -2.23. The number of ether oxygens (including phenoxy) is 1. The van der Waals surface area contributed by atoms with E-state index in [4.69, 9.17) is 24.7 Å². The number of aromatic nitrogens is 5. The van der Waals surface area contributed by atoms with E-state index in [1.807, 2.05) is 6.92 Å². The van der Waals surface area contributed by atoms with E-state index in [-0.39, 0.29) is 24.0 Å². The molecule has 0 radical (unpaired) electrons. The molecule has 3 aliphatic rings. The second kappa shape index (κ2) is 8.35. The van der Waals surface area contributed by atoms with Gasteiger partial charge in [-0.05, 0) is 44.2 Å². The number of allylic oxidation sites excluding steroid dienone is 1. The summed E-state index contributed by atoms with van der Waals surface area (Å²) in [5.41, 5.74) is 5.83. The lowest BCUT2D eigenvalue weighted by Gasteiger charge is -2.29. The number of aryl methyl sites for hydroxylation is 2. The van der Waals surface area contributed by atoms with Gasteiger partial charge in [-0.15, -0.1) is 5.73 Å². The highest BCUT2D eigenvalue weighted by molar-refractivity contribution is 5.87. The third-order valence-electron chi connectivity index (χ3n) is 7.14. The molecule has 2 atom stereocenters. The van der Waals surface area contributed by atoms with Crippen LogP contribution in [0.1, 0.15) is 78.5 Å². The highest BCUT2D eigenvalue weighted by atomic mass is 19.4. The highest BCUT2D eigenvalue weighted by Gasteiger charge is 2.39. The third kappa shape index (κ3) is 4.14. The first-order valence-corrected chi connectivity index (χ1v) is 12.1. The molecule has 0 bridgehead atoms. The number of hydrogen-bond donors (Lipinski definition) is 0. The van der Waals surface area contributed by atoms with E-state index >= 15 is 0 Å². The molecule has 0 aromatic carbocycles. The van der Waals surface area contributed by atoms with Crippen molar-refractivity contribution in [2.45, 2.75) is 63.1 Å². The summed E-state index contributed by atoms with van der Waals surface area (Å²) in [5, 5.41) is 0. The molecule has 3 aromatic heterocycles. The van der Waals surface area contributed by atoms with Gasteiger partial charge in [0.1, 0.15) is 17.0 Å². The molecule has 3 aromatic rings. The molecule has 4 heterocycles. The second-order valence-electron chi connectivity index (χ2n) is 9.82. The van der Waals surface area contributed by atoms with Crippen molar-refractivity contribution in [3.05, 3.63) is 68.5 Å². The minimum atomic E-state index is -4.40. The number of nitrogens with zero attached hydrogens (tertiary/aromatic N) is 5. The number of hydrogen-bond acceptors (Lipinski definition) is 6. The maximum absolute atomic E-state index is 13.1. The molecule has 0 amide bonds. The van der Waals surface area contributed by atoms with Gasteiger partial charge in [-0.25, -0.2) is 19.9 Å². The summed E-state index contributed by atoms with van der Waals surface area (Å²) in [6.07, 6.45) is 0.218. The van der Waals surface area contributed by atoms with E-state index in [1.54, 1.807) is 19.3 Å². The summed E-state index contributed by atoms with van der Waals surface area (Å²) < 4.78 is 46.9. The van der Waals surface area contributed by atoms with Crippen LogP contribution >= 0.6 is 0 Å². The molecule has 10 heteroatoms. The first kappa shape index (κ1) is 23.1. The SMILES string of the molecule is Cc1nc2c(C3=C=C(C(F)(F)F)C3)nc([C@@H]3CCO[C@H](c4ccc(=O)n(C)c4)C3)nc2nc1C1CC1. The average Bonchev–Trinajstić information content (AvgIpc) is 3.64. The molecule has 0 unspecified atom stereocenters. The van der Waals surface area contributed by atoms with Crippen LogP contribution in [0.5, 0.6) is 0 Å². The molecule has 1 saturated heterocycles. The predicted molar refractivity (Wildman–Crippen MR) is 125 cm³/mol. The van der Waals surface area contributed by atoms with Gasteiger partial charge >= 0.3 is 6.18 Å². The van der Waals surface area contributed by atoms with Crippen LogP contribution in [0.2, 0.25) is 0 Å². The minimum Gasteiger partial charge on any atom is -0.373 e. The van der Waals surface area contributed by atoms with Crippen LogP contribution in [-0.4, -0.2) is 37.3 Å². The molecular formula is C26H24F3N5O2. The van der Waals surface area contributed by atoms with Crippen LogP contribution in [0.3, 0.4) is 0 Å². The molecule has 0 spiro atoms. The molecule has 1 aliphatic heterocycles. The zero-order valence-corrected chi connectivity index (χ0v) is 19.9. The summed E-state index contributed by atoms with van der Waals surface area (Å²) >= 11 is 0. The Morgan fingerprint density at radius 1 is 1.08 bits per heavy atom. The number of rotatable bonds is 4. The molecule has 36 heavy (non-hydrogen) atoms. The van der Waals surface area contributed by atoms with E-state index in [1.165, 1.54) is 10.6 Å². The van der Waals surface area contributed by atoms with Crippen molar-refractivity contribution in [3.63, 3.8) is 0 Å². The van der Waals surface area contributed by atoms with Gasteiger partial charge in [-0.2, -0.15) is 13.2 Å². The Morgan fingerprint density at radius 3 is 2.56 bits per heavy atom. The fourth-order valence-electron chi connectivity index (χ4n) is 4.92. The largest absolute Gasteiger partial charge is 0.420 e. The monoisotopic (exact) mass is 495 g/mol. The van der Waals surface area contributed by atoms with Crippen molar-refractivity contribution >= 4 is 16.7 Å². The number of halogens is 3. The van der Waals surface area contributed by atoms with Gasteiger partial charge in [0.15, 0.2) is 5.65 Å². The van der Waals surface area contributed by atoms with Crippen LogP contribution in [-0.2, 0) is 11.8 Å². The fourth-order valence-corrected chi connectivity index (χ4v) is 4.92. The topological polar surface area (TPSA) is 82.8 Å². The predicted octanol–water partition coefficient (Wildman–Crippen LogP) is 4.81. The van der Waals surface area contributed by atoms with Crippen molar-refractivity contribution in [2.24, 2.45) is 7.05 Å². The van der Waals surface area contributed by atoms with Gasteiger partial charge in [0.05, 0.1) is 23.1 Å². The Hall–Kier alpha value is -3.36. The maximum Gasteiger partial charge on any atom is 0.420 e. The quantitative estimate of drug-likeness (QED) is 0.483. The third-order valence-corrected chi connectivity index (χ3v) is 7.14. The fraction of sp³-hybridized carbons (Fsp3) is 0.462. The van der Waals surface area contributed by atoms with E-state index in [0.29, 0.717) is 53.6 Å². The lowest BCUT2D eigenvalue weighted by molar-refractivity contribution is -0.0934. The van der Waals surface area contributed by atoms with Gasteiger partial charge in [-0.3, -0.25) is 4.79 Å². The molecule has 1 saturated carbocycles. The normalized spacial score (nSPS) is 22.2. The molecule has 2 aliphatic carbocycles. The summed E-state index contributed by atoms with van der Waals surface area (Å²) in [4.78, 5) is 30.8. The summed E-state index contributed by atoms with van der Waals surface area (Å²) in [6.45, 7) is 2.35. The van der Waals surface area contributed by atoms with E-state index < -0.39 is 11.7 Å². The minimum absolute atomic E-state index is 0.0802. The van der Waals surface area contributed by atoms with Gasteiger partial charge in [0.25, 0.3) is 0 Å². The van der Waals surface area contributed by atoms with Crippen molar-refractivity contribution in [1.82, 2.24) is 24.5 Å². The Balaban J connectivity index is 1.43. The number of fused-ring (bicyclic) bond motifs is 1. The van der Waals surface area contributed by atoms with Crippen LogP contribution in [0.15, 0.2) is 34.4 Å². The second-order valence-corrected chi connectivity index (χ2v) is 9.82.